The molecule has 1 unspecified atom stereocenters. The fraction of sp³-hybridized carbons (Fsp3) is 0.160. The van der Waals surface area contributed by atoms with E-state index in [0.29, 0.717) is 6.42 Å². The zero-order valence-corrected chi connectivity index (χ0v) is 18.4. The molecular weight excluding hydrogens is 459 g/mol. The van der Waals surface area contributed by atoms with E-state index in [-0.39, 0.29) is 24.2 Å². The van der Waals surface area contributed by atoms with Gasteiger partial charge >= 0.3 is 12.1 Å². The second-order valence-corrected chi connectivity index (χ2v) is 7.80. The van der Waals surface area contributed by atoms with Crippen LogP contribution in [0.25, 0.3) is 11.1 Å². The van der Waals surface area contributed by atoms with Crippen LogP contribution in [0.3, 0.4) is 0 Å². The van der Waals surface area contributed by atoms with E-state index in [4.69, 9.17) is 10.3 Å². The fourth-order valence-electron chi connectivity index (χ4n) is 3.52. The van der Waals surface area contributed by atoms with Crippen LogP contribution in [0.5, 0.6) is 0 Å². The molecule has 0 aliphatic carbocycles. The van der Waals surface area contributed by atoms with Crippen molar-refractivity contribution < 1.29 is 27.5 Å². The summed E-state index contributed by atoms with van der Waals surface area (Å²) in [4.78, 5) is 3.71. The van der Waals surface area contributed by atoms with Gasteiger partial charge in [0.25, 0.3) is 6.20 Å². The number of amidine groups is 1. The van der Waals surface area contributed by atoms with Crippen LogP contribution in [0.2, 0.25) is 0 Å². The molecule has 4 rings (SSSR count). The number of alkyl halides is 3. The van der Waals surface area contributed by atoms with Crippen molar-refractivity contribution in [2.24, 2.45) is 10.7 Å². The van der Waals surface area contributed by atoms with E-state index in [2.05, 4.69) is 15.6 Å². The van der Waals surface area contributed by atoms with Gasteiger partial charge in [0, 0.05) is 12.1 Å². The minimum Gasteiger partial charge on any atom is -0.846 e. The lowest BCUT2D eigenvalue weighted by atomic mass is 10.0. The van der Waals surface area contributed by atoms with Crippen LogP contribution in [-0.2, 0) is 12.6 Å². The van der Waals surface area contributed by atoms with Gasteiger partial charge in [-0.15, -0.1) is 0 Å². The molecule has 0 amide bonds. The Hall–Kier alpha value is -4.18. The summed E-state index contributed by atoms with van der Waals surface area (Å²) < 4.78 is 45.1. The third-order valence-corrected chi connectivity index (χ3v) is 5.30. The van der Waals surface area contributed by atoms with Crippen molar-refractivity contribution in [1.82, 2.24) is 5.27 Å². The van der Waals surface area contributed by atoms with E-state index in [0.717, 1.165) is 28.8 Å². The summed E-state index contributed by atoms with van der Waals surface area (Å²) in [5.74, 6) is -0.104. The van der Waals surface area contributed by atoms with Gasteiger partial charge < -0.3 is 16.2 Å². The first-order valence-electron chi connectivity index (χ1n) is 10.7. The second-order valence-electron chi connectivity index (χ2n) is 7.80. The molecule has 3 aromatic carbocycles. The van der Waals surface area contributed by atoms with Gasteiger partial charge in [-0.2, -0.15) is 13.2 Å². The molecule has 0 saturated carbocycles. The Morgan fingerprint density at radius 1 is 1.03 bits per heavy atom. The van der Waals surface area contributed by atoms with Crippen LogP contribution < -0.4 is 20.8 Å². The minimum atomic E-state index is -4.52. The summed E-state index contributed by atoms with van der Waals surface area (Å²) in [7, 11) is 0. The number of anilines is 1. The molecule has 1 aromatic heterocycles. The number of hydrogen-bond donors (Lipinski definition) is 2. The molecule has 1 heterocycles. The topological polar surface area (TPSA) is 103 Å². The number of nitrogens with zero attached hydrogens (tertiary/aromatic N) is 3. The van der Waals surface area contributed by atoms with E-state index in [1.54, 1.807) is 0 Å². The molecule has 0 spiro atoms. The van der Waals surface area contributed by atoms with Crippen LogP contribution >= 0.6 is 0 Å². The predicted molar refractivity (Wildman–Crippen MR) is 123 cm³/mol. The molecule has 0 aliphatic rings. The number of halogens is 3. The Morgan fingerprint density at radius 2 is 1.74 bits per heavy atom. The number of nitrogens with one attached hydrogen (secondary N) is 1. The SMILES string of the molecule is NCC(Cc1ccc(-c2ccccc2)cc1)[n+]1cc(N=C([O-])Nc2cccc(C(F)(F)F)c2)on1. The summed E-state index contributed by atoms with van der Waals surface area (Å²) in [6.45, 7) is 0.257. The van der Waals surface area contributed by atoms with E-state index in [1.807, 2.05) is 54.6 Å². The monoisotopic (exact) mass is 481 g/mol. The minimum absolute atomic E-state index is 0.0419. The number of aromatic nitrogens is 2. The molecule has 0 fully saturated rings. The number of nitrogens with two attached hydrogens (primary N) is 1. The molecule has 0 bridgehead atoms. The summed E-state index contributed by atoms with van der Waals surface area (Å²) in [6, 6.07) is 21.2. The Kier molecular flexibility index (Phi) is 7.11. The Balaban J connectivity index is 1.42. The average Bonchev–Trinajstić information content (AvgIpc) is 3.31. The average molecular weight is 481 g/mol. The molecule has 4 aromatic rings. The molecule has 0 radical (unpaired) electrons. The van der Waals surface area contributed by atoms with Gasteiger partial charge in [0.15, 0.2) is 0 Å². The lowest BCUT2D eigenvalue weighted by Crippen LogP contribution is -2.45. The van der Waals surface area contributed by atoms with E-state index >= 15 is 0 Å². The van der Waals surface area contributed by atoms with Crippen molar-refractivity contribution in [1.29, 1.82) is 0 Å². The quantitative estimate of drug-likeness (QED) is 0.237. The summed E-state index contributed by atoms with van der Waals surface area (Å²) in [5, 5.41) is 18.3. The molecule has 7 nitrogen and oxygen atoms in total. The zero-order valence-electron chi connectivity index (χ0n) is 18.4. The molecule has 35 heavy (non-hydrogen) atoms. The van der Waals surface area contributed by atoms with Gasteiger partial charge in [-0.3, -0.25) is 4.52 Å². The van der Waals surface area contributed by atoms with Gasteiger partial charge in [-0.25, -0.2) is 4.99 Å². The van der Waals surface area contributed by atoms with Gasteiger partial charge in [0.2, 0.25) is 11.3 Å². The largest absolute Gasteiger partial charge is 0.846 e. The smallest absolute Gasteiger partial charge is 0.416 e. The fourth-order valence-corrected chi connectivity index (χ4v) is 3.52. The number of rotatable bonds is 7. The number of benzene rings is 3. The molecule has 1 atom stereocenters. The second kappa shape index (κ2) is 10.4. The Labute approximate surface area is 199 Å². The Bertz CT molecular complexity index is 1290. The standard InChI is InChI=1S/C25H22F3N5O2/c26-25(27,28)20-7-4-8-21(14-20)30-24(34)31-23-16-33(32-35-23)22(15-29)13-17-9-11-19(12-10-17)18-5-2-1-3-6-18/h1-12,14,16,22H,13,15,29H2,(H-,30,31,32,34). The first-order valence-corrected chi connectivity index (χ1v) is 10.7. The van der Waals surface area contributed by atoms with Gasteiger partial charge in [-0.05, 0) is 39.6 Å². The lowest BCUT2D eigenvalue weighted by molar-refractivity contribution is -0.782. The third-order valence-electron chi connectivity index (χ3n) is 5.30. The van der Waals surface area contributed by atoms with E-state index < -0.39 is 17.8 Å². The van der Waals surface area contributed by atoms with E-state index in [9.17, 15) is 18.3 Å². The molecule has 0 saturated heterocycles. The molecule has 0 aliphatic heterocycles. The van der Waals surface area contributed by atoms with E-state index in [1.165, 1.54) is 23.0 Å². The molecular formula is C25H22F3N5O2. The van der Waals surface area contributed by atoms with Crippen LogP contribution in [-0.4, -0.2) is 17.8 Å². The molecule has 180 valence electrons. The van der Waals surface area contributed by atoms with Crippen LogP contribution in [0.1, 0.15) is 17.2 Å². The highest BCUT2D eigenvalue weighted by molar-refractivity contribution is 5.87. The van der Waals surface area contributed by atoms with Crippen molar-refractivity contribution in [2.75, 3.05) is 11.9 Å². The predicted octanol–water partition coefficient (Wildman–Crippen LogP) is 3.85. The van der Waals surface area contributed by atoms with Crippen molar-refractivity contribution in [3.8, 4) is 11.1 Å². The highest BCUT2D eigenvalue weighted by atomic mass is 19.4. The summed E-state index contributed by atoms with van der Waals surface area (Å²) in [6.07, 6.45) is -2.53. The van der Waals surface area contributed by atoms with Crippen LogP contribution in [0, 0.1) is 0 Å². The maximum absolute atomic E-state index is 12.8. The van der Waals surface area contributed by atoms with Crippen molar-refractivity contribution in [3.05, 3.63) is 96.2 Å². The number of aliphatic imine (C=N–C) groups is 1. The van der Waals surface area contributed by atoms with Gasteiger partial charge in [0.05, 0.1) is 18.1 Å². The summed E-state index contributed by atoms with van der Waals surface area (Å²) >= 11 is 0. The lowest BCUT2D eigenvalue weighted by Gasteiger charge is -2.14. The maximum atomic E-state index is 12.8. The third kappa shape index (κ3) is 6.24. The maximum Gasteiger partial charge on any atom is 0.416 e. The van der Waals surface area contributed by atoms with Crippen LogP contribution in [0.15, 0.2) is 94.6 Å². The van der Waals surface area contributed by atoms with Crippen molar-refractivity contribution in [3.63, 3.8) is 0 Å². The first kappa shape index (κ1) is 24.0. The number of hydrogen-bond acceptors (Lipinski definition) is 5. The normalized spacial score (nSPS) is 13.0. The van der Waals surface area contributed by atoms with Gasteiger partial charge in [0.1, 0.15) is 0 Å². The highest BCUT2D eigenvalue weighted by Crippen LogP contribution is 2.30. The van der Waals surface area contributed by atoms with Crippen molar-refractivity contribution in [2.45, 2.75) is 18.6 Å². The van der Waals surface area contributed by atoms with Gasteiger partial charge in [-0.1, -0.05) is 60.7 Å². The first-order chi connectivity index (χ1) is 16.8. The molecule has 3 N–H and O–H groups in total. The summed E-state index contributed by atoms with van der Waals surface area (Å²) in [5.41, 5.74) is 8.27. The zero-order chi connectivity index (χ0) is 24.8. The Morgan fingerprint density at radius 3 is 2.43 bits per heavy atom. The highest BCUT2D eigenvalue weighted by Gasteiger charge is 2.30. The van der Waals surface area contributed by atoms with Crippen LogP contribution in [0.4, 0.5) is 24.7 Å². The van der Waals surface area contributed by atoms with Crippen molar-refractivity contribution >= 4 is 17.6 Å². The molecule has 10 heteroatoms.